The molecule has 0 saturated heterocycles. The van der Waals surface area contributed by atoms with Crippen molar-refractivity contribution in [2.75, 3.05) is 0 Å². The maximum absolute atomic E-state index is 10.9. The minimum absolute atomic E-state index is 0.157. The lowest BCUT2D eigenvalue weighted by molar-refractivity contribution is 0.554. The van der Waals surface area contributed by atoms with Gasteiger partial charge >= 0.3 is 0 Å². The van der Waals surface area contributed by atoms with Crippen LogP contribution in [0.3, 0.4) is 0 Å². The van der Waals surface area contributed by atoms with Gasteiger partial charge in [0, 0.05) is 4.90 Å². The lowest BCUT2D eigenvalue weighted by Gasteiger charge is -2.06. The molecular weight excluding hydrogens is 296 g/mol. The van der Waals surface area contributed by atoms with Crippen LogP contribution >= 0.6 is 12.6 Å². The van der Waals surface area contributed by atoms with Gasteiger partial charge in [-0.2, -0.15) is 0 Å². The zero-order valence-corrected chi connectivity index (χ0v) is 10.7. The van der Waals surface area contributed by atoms with Crippen LogP contribution in [0.1, 0.15) is 0 Å². The van der Waals surface area contributed by atoms with Crippen molar-refractivity contribution in [1.29, 1.82) is 0 Å². The summed E-state index contributed by atoms with van der Waals surface area (Å²) in [5.74, 6) is 0. The fourth-order valence-electron chi connectivity index (χ4n) is 0.925. The second-order valence-corrected chi connectivity index (χ2v) is 5.81. The number of benzene rings is 1. The first-order valence-corrected chi connectivity index (χ1v) is 7.31. The van der Waals surface area contributed by atoms with Gasteiger partial charge in [-0.15, -0.1) is 12.6 Å². The quantitative estimate of drug-likeness (QED) is 0.483. The highest BCUT2D eigenvalue weighted by Crippen LogP contribution is 2.27. The molecule has 0 heterocycles. The van der Waals surface area contributed by atoms with E-state index in [9.17, 15) is 12.6 Å². The highest BCUT2D eigenvalue weighted by Gasteiger charge is 2.17. The third-order valence-corrected chi connectivity index (χ3v) is 4.41. The van der Waals surface area contributed by atoms with Crippen LogP contribution in [0.25, 0.3) is 0 Å². The molecule has 1 aromatic rings. The standard InChI is InChI=1S/C6H6O6S4/c7-14(8)3-1-4(15(9)10)6(13)5(2-3)16(11)12/h1-2,13H,(H,7,8)(H,9,10)(H,11,12). The zero-order chi connectivity index (χ0) is 12.5. The van der Waals surface area contributed by atoms with Crippen LogP contribution in [-0.2, 0) is 33.2 Å². The largest absolute Gasteiger partial charge is 0.302 e. The van der Waals surface area contributed by atoms with Crippen LogP contribution < -0.4 is 0 Å². The maximum Gasteiger partial charge on any atom is 0.187 e. The SMILES string of the molecule is O=S(O)c1cc(S(=O)O)c(S)c(S(=O)O)c1. The molecule has 0 spiro atoms. The summed E-state index contributed by atoms with van der Waals surface area (Å²) in [5.41, 5.74) is 0. The lowest BCUT2D eigenvalue weighted by atomic mass is 10.3. The third-order valence-electron chi connectivity index (χ3n) is 1.59. The molecule has 10 heteroatoms. The summed E-state index contributed by atoms with van der Waals surface area (Å²) in [6.07, 6.45) is 0. The van der Waals surface area contributed by atoms with Gasteiger partial charge in [0.2, 0.25) is 0 Å². The molecule has 1 rings (SSSR count). The molecule has 0 fully saturated rings. The molecule has 1 aromatic carbocycles. The Balaban J connectivity index is 3.57. The molecule has 6 nitrogen and oxygen atoms in total. The molecule has 0 radical (unpaired) electrons. The highest BCUT2D eigenvalue weighted by molar-refractivity contribution is 7.84. The van der Waals surface area contributed by atoms with Gasteiger partial charge in [0.05, 0.1) is 14.7 Å². The fraction of sp³-hybridized carbons (Fsp3) is 0. The van der Waals surface area contributed by atoms with E-state index >= 15 is 0 Å². The number of hydrogen-bond acceptors (Lipinski definition) is 4. The summed E-state index contributed by atoms with van der Waals surface area (Å²) >= 11 is -3.52. The normalized spacial score (nSPS) is 16.8. The predicted octanol–water partition coefficient (Wildman–Crippen LogP) is 0.717. The van der Waals surface area contributed by atoms with Gasteiger partial charge in [-0.3, -0.25) is 0 Å². The topological polar surface area (TPSA) is 112 Å². The van der Waals surface area contributed by atoms with Crippen LogP contribution in [0.5, 0.6) is 0 Å². The van der Waals surface area contributed by atoms with Crippen LogP contribution in [0.4, 0.5) is 0 Å². The van der Waals surface area contributed by atoms with Gasteiger partial charge < -0.3 is 13.7 Å². The summed E-state index contributed by atoms with van der Waals surface area (Å²) in [6.45, 7) is 0. The molecule has 3 unspecified atom stereocenters. The molecule has 3 N–H and O–H groups in total. The smallest absolute Gasteiger partial charge is 0.187 e. The van der Waals surface area contributed by atoms with E-state index in [1.54, 1.807) is 0 Å². The van der Waals surface area contributed by atoms with E-state index in [4.69, 9.17) is 13.7 Å². The summed E-state index contributed by atoms with van der Waals surface area (Å²) in [5, 5.41) is 0. The Bertz CT molecular complexity index is 463. The Hall–Kier alpha value is -0.100. The minimum Gasteiger partial charge on any atom is -0.302 e. The summed E-state index contributed by atoms with van der Waals surface area (Å²) in [6, 6.07) is 1.95. The Morgan fingerprint density at radius 3 is 1.50 bits per heavy atom. The van der Waals surface area contributed by atoms with Crippen molar-refractivity contribution >= 4 is 45.9 Å². The van der Waals surface area contributed by atoms with Crippen molar-refractivity contribution in [3.05, 3.63) is 12.1 Å². The molecule has 0 aliphatic heterocycles. The van der Waals surface area contributed by atoms with E-state index in [-0.39, 0.29) is 19.6 Å². The van der Waals surface area contributed by atoms with Crippen LogP contribution in [0, 0.1) is 0 Å². The van der Waals surface area contributed by atoms with Crippen molar-refractivity contribution in [3.8, 4) is 0 Å². The molecule has 0 amide bonds. The molecule has 0 saturated carbocycles. The van der Waals surface area contributed by atoms with Crippen molar-refractivity contribution in [2.45, 2.75) is 19.6 Å². The van der Waals surface area contributed by atoms with Crippen molar-refractivity contribution in [3.63, 3.8) is 0 Å². The summed E-state index contributed by atoms with van der Waals surface area (Å²) in [7, 11) is 0. The van der Waals surface area contributed by atoms with Gasteiger partial charge in [-0.05, 0) is 12.1 Å². The maximum atomic E-state index is 10.9. The first-order chi connectivity index (χ1) is 7.34. The molecule has 0 aromatic heterocycles. The molecule has 0 aliphatic carbocycles. The molecular formula is C6H6O6S4. The van der Waals surface area contributed by atoms with E-state index in [2.05, 4.69) is 12.6 Å². The van der Waals surface area contributed by atoms with Gasteiger partial charge in [0.15, 0.2) is 33.2 Å². The monoisotopic (exact) mass is 302 g/mol. The second-order valence-electron chi connectivity index (χ2n) is 2.52. The van der Waals surface area contributed by atoms with Gasteiger partial charge in [-0.25, -0.2) is 12.6 Å². The van der Waals surface area contributed by atoms with Gasteiger partial charge in [-0.1, -0.05) is 0 Å². The number of hydrogen-bond donors (Lipinski definition) is 4. The highest BCUT2D eigenvalue weighted by atomic mass is 32.2. The molecule has 0 aliphatic rings. The van der Waals surface area contributed by atoms with Crippen LogP contribution in [-0.4, -0.2) is 26.3 Å². The Morgan fingerprint density at radius 1 is 0.875 bits per heavy atom. The Labute approximate surface area is 104 Å². The molecule has 0 bridgehead atoms. The third kappa shape index (κ3) is 2.97. The molecule has 3 atom stereocenters. The second kappa shape index (κ2) is 5.49. The Morgan fingerprint density at radius 2 is 1.25 bits per heavy atom. The number of thiol groups is 1. The first kappa shape index (κ1) is 14.0. The predicted molar refractivity (Wildman–Crippen MR) is 60.8 cm³/mol. The summed E-state index contributed by atoms with van der Waals surface area (Å²) in [4.78, 5) is -0.982. The number of rotatable bonds is 3. The van der Waals surface area contributed by atoms with Gasteiger partial charge in [0.25, 0.3) is 0 Å². The van der Waals surface area contributed by atoms with Crippen molar-refractivity contribution < 1.29 is 26.3 Å². The average Bonchev–Trinajstić information content (AvgIpc) is 2.16. The average molecular weight is 302 g/mol. The van der Waals surface area contributed by atoms with E-state index in [0.717, 1.165) is 12.1 Å². The van der Waals surface area contributed by atoms with E-state index in [1.165, 1.54) is 0 Å². The van der Waals surface area contributed by atoms with Crippen molar-refractivity contribution in [2.24, 2.45) is 0 Å². The molecule has 90 valence electrons. The Kier molecular flexibility index (Phi) is 4.79. The lowest BCUT2D eigenvalue weighted by Crippen LogP contribution is -2.01. The van der Waals surface area contributed by atoms with Gasteiger partial charge in [0.1, 0.15) is 0 Å². The van der Waals surface area contributed by atoms with E-state index in [0.29, 0.717) is 0 Å². The zero-order valence-electron chi connectivity index (χ0n) is 7.39. The minimum atomic E-state index is -2.46. The van der Waals surface area contributed by atoms with Crippen LogP contribution in [0.15, 0.2) is 31.7 Å². The fourth-order valence-corrected chi connectivity index (χ4v) is 3.18. The molecule has 16 heavy (non-hydrogen) atoms. The summed E-state index contributed by atoms with van der Waals surface area (Å²) < 4.78 is 59.1. The van der Waals surface area contributed by atoms with E-state index < -0.39 is 33.2 Å². The van der Waals surface area contributed by atoms with E-state index in [1.807, 2.05) is 0 Å². The first-order valence-electron chi connectivity index (χ1n) is 3.54. The van der Waals surface area contributed by atoms with Crippen LogP contribution in [0.2, 0.25) is 0 Å². The van der Waals surface area contributed by atoms with Crippen molar-refractivity contribution in [1.82, 2.24) is 0 Å².